The normalized spacial score (nSPS) is 12.7. The largest absolute Gasteiger partial charge is 0.478 e. The average molecular weight is 343 g/mol. The van der Waals surface area contributed by atoms with Crippen LogP contribution in [0.5, 0.6) is 0 Å². The summed E-state index contributed by atoms with van der Waals surface area (Å²) in [6.45, 7) is 10.1. The molecule has 0 fully saturated rings. The second-order valence-corrected chi connectivity index (χ2v) is 7.25. The lowest BCUT2D eigenvalue weighted by molar-refractivity contribution is -0.121. The molecule has 0 aliphatic carbocycles. The molecule has 2 N–H and O–H groups in total. The first kappa shape index (κ1) is 18.7. The molecular weight excluding hydrogens is 318 g/mol. The van der Waals surface area contributed by atoms with Crippen molar-refractivity contribution in [1.29, 1.82) is 0 Å². The fourth-order valence-electron chi connectivity index (χ4n) is 2.56. The van der Waals surface area contributed by atoms with E-state index in [2.05, 4.69) is 31.2 Å². The van der Waals surface area contributed by atoms with Crippen LogP contribution in [-0.2, 0) is 16.8 Å². The van der Waals surface area contributed by atoms with Crippen molar-refractivity contribution in [1.82, 2.24) is 15.1 Å². The zero-order chi connectivity index (χ0) is 18.8. The summed E-state index contributed by atoms with van der Waals surface area (Å²) in [7, 11) is 0. The molecule has 1 aromatic heterocycles. The number of nitrogens with one attached hydrogen (secondary N) is 1. The number of hydrogen-bond acceptors (Lipinski definition) is 3. The second-order valence-electron chi connectivity index (χ2n) is 7.25. The quantitative estimate of drug-likeness (QED) is 0.874. The minimum atomic E-state index is -0.976. The highest BCUT2D eigenvalue weighted by Crippen LogP contribution is 2.21. The number of aryl methyl sites for hydroxylation is 1. The fraction of sp³-hybridized carbons (Fsp3) is 0.421. The molecule has 0 bridgehead atoms. The Morgan fingerprint density at radius 3 is 2.32 bits per heavy atom. The van der Waals surface area contributed by atoms with Crippen molar-refractivity contribution >= 4 is 11.9 Å². The van der Waals surface area contributed by atoms with Crippen LogP contribution in [-0.4, -0.2) is 26.8 Å². The molecule has 1 amide bonds. The minimum absolute atomic E-state index is 0.112. The third kappa shape index (κ3) is 4.68. The van der Waals surface area contributed by atoms with Crippen LogP contribution < -0.4 is 5.32 Å². The maximum Gasteiger partial charge on any atom is 0.335 e. The summed E-state index contributed by atoms with van der Waals surface area (Å²) < 4.78 is 1.91. The smallest absolute Gasteiger partial charge is 0.335 e. The predicted octanol–water partition coefficient (Wildman–Crippen LogP) is 3.06. The molecule has 0 radical (unpaired) electrons. The Labute approximate surface area is 147 Å². The van der Waals surface area contributed by atoms with Gasteiger partial charge in [-0.2, -0.15) is 5.10 Å². The summed E-state index contributed by atoms with van der Waals surface area (Å²) in [5.41, 5.74) is 2.76. The van der Waals surface area contributed by atoms with Gasteiger partial charge in [-0.25, -0.2) is 4.79 Å². The first-order chi connectivity index (χ1) is 11.6. The van der Waals surface area contributed by atoms with Gasteiger partial charge in [0.05, 0.1) is 29.3 Å². The van der Waals surface area contributed by atoms with Gasteiger partial charge in [0.15, 0.2) is 0 Å². The van der Waals surface area contributed by atoms with Gasteiger partial charge in [0.25, 0.3) is 0 Å². The lowest BCUT2D eigenvalue weighted by Gasteiger charge is -2.19. The summed E-state index contributed by atoms with van der Waals surface area (Å²) in [4.78, 5) is 23.1. The Balaban J connectivity index is 2.02. The number of carbonyl (C=O) groups excluding carboxylic acids is 1. The maximum atomic E-state index is 12.3. The third-order valence-electron chi connectivity index (χ3n) is 4.03. The monoisotopic (exact) mass is 343 g/mol. The minimum Gasteiger partial charge on any atom is -0.478 e. The molecular formula is C19H25N3O3. The Hall–Kier alpha value is -2.63. The summed E-state index contributed by atoms with van der Waals surface area (Å²) in [6.07, 6.45) is 2.18. The van der Waals surface area contributed by atoms with Crippen LogP contribution in [0.4, 0.5) is 0 Å². The Bertz CT molecular complexity index is 770. The first-order valence-corrected chi connectivity index (χ1v) is 8.26. The molecule has 25 heavy (non-hydrogen) atoms. The number of aromatic nitrogens is 2. The summed E-state index contributed by atoms with van der Waals surface area (Å²) in [6, 6.07) is 6.19. The van der Waals surface area contributed by atoms with Crippen LogP contribution in [0.2, 0.25) is 0 Å². The van der Waals surface area contributed by atoms with E-state index in [1.165, 1.54) is 12.1 Å². The third-order valence-corrected chi connectivity index (χ3v) is 4.03. The molecule has 2 rings (SSSR count). The van der Waals surface area contributed by atoms with Crippen molar-refractivity contribution < 1.29 is 14.7 Å². The highest BCUT2D eigenvalue weighted by Gasteiger charge is 2.20. The van der Waals surface area contributed by atoms with E-state index in [-0.39, 0.29) is 29.5 Å². The molecule has 1 atom stereocenters. The highest BCUT2D eigenvalue weighted by atomic mass is 16.4. The molecule has 6 nitrogen and oxygen atoms in total. The van der Waals surface area contributed by atoms with E-state index < -0.39 is 5.97 Å². The fourth-order valence-corrected chi connectivity index (χ4v) is 2.56. The van der Waals surface area contributed by atoms with Gasteiger partial charge < -0.3 is 10.4 Å². The number of nitrogens with zero attached hydrogens (tertiary/aromatic N) is 2. The predicted molar refractivity (Wildman–Crippen MR) is 95.6 cm³/mol. The zero-order valence-electron chi connectivity index (χ0n) is 15.3. The summed E-state index contributed by atoms with van der Waals surface area (Å²) in [5, 5.41) is 16.4. The van der Waals surface area contributed by atoms with Crippen molar-refractivity contribution in [3.05, 3.63) is 52.8 Å². The van der Waals surface area contributed by atoms with E-state index in [0.29, 0.717) is 0 Å². The van der Waals surface area contributed by atoms with Gasteiger partial charge in [-0.3, -0.25) is 9.48 Å². The van der Waals surface area contributed by atoms with Crippen LogP contribution in [0.15, 0.2) is 30.5 Å². The molecule has 1 unspecified atom stereocenters. The van der Waals surface area contributed by atoms with E-state index in [1.807, 2.05) is 24.7 Å². The van der Waals surface area contributed by atoms with E-state index in [1.54, 1.807) is 12.1 Å². The lowest BCUT2D eigenvalue weighted by atomic mass is 10.1. The van der Waals surface area contributed by atoms with Gasteiger partial charge in [-0.15, -0.1) is 0 Å². The standard InChI is InChI=1S/C19H25N3O3/c1-12(16-11-22(19(3,4)5)21-13(16)2)20-17(23)10-14-6-8-15(9-7-14)18(24)25/h6-9,11-12H,10H2,1-5H3,(H,20,23)(H,24,25). The molecule has 1 aromatic carbocycles. The van der Waals surface area contributed by atoms with Gasteiger partial charge in [-0.05, 0) is 52.3 Å². The average Bonchev–Trinajstić information content (AvgIpc) is 2.90. The van der Waals surface area contributed by atoms with Gasteiger partial charge in [0.1, 0.15) is 0 Å². The molecule has 6 heteroatoms. The van der Waals surface area contributed by atoms with Crippen molar-refractivity contribution in [3.63, 3.8) is 0 Å². The number of carboxylic acid groups (broad SMARTS) is 1. The van der Waals surface area contributed by atoms with E-state index in [9.17, 15) is 9.59 Å². The Morgan fingerprint density at radius 1 is 1.24 bits per heavy atom. The number of hydrogen-bond donors (Lipinski definition) is 2. The van der Waals surface area contributed by atoms with Crippen LogP contribution in [0.25, 0.3) is 0 Å². The van der Waals surface area contributed by atoms with Crippen molar-refractivity contribution in [3.8, 4) is 0 Å². The topological polar surface area (TPSA) is 84.2 Å². The van der Waals surface area contributed by atoms with E-state index >= 15 is 0 Å². The highest BCUT2D eigenvalue weighted by molar-refractivity contribution is 5.87. The Kier molecular flexibility index (Phi) is 5.30. The summed E-state index contributed by atoms with van der Waals surface area (Å²) >= 11 is 0. The van der Waals surface area contributed by atoms with E-state index in [4.69, 9.17) is 5.11 Å². The zero-order valence-corrected chi connectivity index (χ0v) is 15.3. The SMILES string of the molecule is Cc1nn(C(C)(C)C)cc1C(C)NC(=O)Cc1ccc(C(=O)O)cc1. The second kappa shape index (κ2) is 7.09. The molecule has 0 spiro atoms. The molecule has 0 aliphatic rings. The van der Waals surface area contributed by atoms with Crippen molar-refractivity contribution in [2.24, 2.45) is 0 Å². The van der Waals surface area contributed by atoms with Crippen LogP contribution in [0.3, 0.4) is 0 Å². The number of rotatable bonds is 5. The number of benzene rings is 1. The molecule has 0 aliphatic heterocycles. The van der Waals surface area contributed by atoms with Crippen LogP contribution >= 0.6 is 0 Å². The number of aromatic carboxylic acids is 1. The van der Waals surface area contributed by atoms with Gasteiger partial charge in [-0.1, -0.05) is 12.1 Å². The molecule has 134 valence electrons. The number of carbonyl (C=O) groups is 2. The van der Waals surface area contributed by atoms with Crippen LogP contribution in [0, 0.1) is 6.92 Å². The first-order valence-electron chi connectivity index (χ1n) is 8.26. The van der Waals surface area contributed by atoms with Gasteiger partial charge in [0, 0.05) is 11.8 Å². The molecule has 2 aromatic rings. The van der Waals surface area contributed by atoms with E-state index in [0.717, 1.165) is 16.8 Å². The van der Waals surface area contributed by atoms with Crippen LogP contribution in [0.1, 0.15) is 60.9 Å². The molecule has 1 heterocycles. The lowest BCUT2D eigenvalue weighted by Crippen LogP contribution is -2.28. The van der Waals surface area contributed by atoms with Crippen molar-refractivity contribution in [2.45, 2.75) is 52.6 Å². The van der Waals surface area contributed by atoms with Crippen molar-refractivity contribution in [2.75, 3.05) is 0 Å². The Morgan fingerprint density at radius 2 is 1.84 bits per heavy atom. The maximum absolute atomic E-state index is 12.3. The van der Waals surface area contributed by atoms with Gasteiger partial charge >= 0.3 is 5.97 Å². The number of carboxylic acids is 1. The molecule has 0 saturated heterocycles. The molecule has 0 saturated carbocycles. The summed E-state index contributed by atoms with van der Waals surface area (Å²) in [5.74, 6) is -1.09. The van der Waals surface area contributed by atoms with Gasteiger partial charge in [0.2, 0.25) is 5.91 Å². The number of amides is 1.